The largest absolute Gasteiger partial charge is 0.455 e. The van der Waals surface area contributed by atoms with Gasteiger partial charge in [-0.15, -0.1) is 0 Å². The fourth-order valence-corrected chi connectivity index (χ4v) is 1.66. The summed E-state index contributed by atoms with van der Waals surface area (Å²) in [5.74, 6) is 1.18. The number of aliphatic hydroxyl groups excluding tert-OH is 1. The number of benzene rings is 1. The van der Waals surface area contributed by atoms with E-state index in [1.165, 1.54) is 6.20 Å². The lowest BCUT2D eigenvalue weighted by atomic mass is 10.1. The molecule has 5 nitrogen and oxygen atoms in total. The number of amidine groups is 1. The average molecular weight is 257 g/mol. The summed E-state index contributed by atoms with van der Waals surface area (Å²) in [4.78, 5) is 4.03. The van der Waals surface area contributed by atoms with Crippen LogP contribution >= 0.6 is 0 Å². The molecule has 0 saturated carbocycles. The predicted octanol–water partition coefficient (Wildman–Crippen LogP) is 1.69. The summed E-state index contributed by atoms with van der Waals surface area (Å²) >= 11 is 0. The summed E-state index contributed by atoms with van der Waals surface area (Å²) in [6.07, 6.45) is 2.06. The molecule has 98 valence electrons. The zero-order valence-electron chi connectivity index (χ0n) is 10.3. The third-order valence-electron chi connectivity index (χ3n) is 2.59. The molecule has 0 radical (unpaired) electrons. The van der Waals surface area contributed by atoms with E-state index in [9.17, 15) is 0 Å². The molecule has 0 fully saturated rings. The summed E-state index contributed by atoms with van der Waals surface area (Å²) in [5.41, 5.74) is 6.68. The average Bonchev–Trinajstić information content (AvgIpc) is 2.42. The Morgan fingerprint density at radius 3 is 2.68 bits per heavy atom. The first-order valence-corrected chi connectivity index (χ1v) is 5.88. The summed E-state index contributed by atoms with van der Waals surface area (Å²) in [5, 5.41) is 16.3. The molecule has 4 N–H and O–H groups in total. The molecule has 2 rings (SSSR count). The third-order valence-corrected chi connectivity index (χ3v) is 2.59. The van der Waals surface area contributed by atoms with Crippen LogP contribution in [0.4, 0.5) is 0 Å². The quantitative estimate of drug-likeness (QED) is 0.561. The SMILES string of the molecule is N=C(N)c1ccc(Oc2ccccc2CCO)cn1. The number of rotatable bonds is 5. The molecule has 0 aliphatic heterocycles. The first kappa shape index (κ1) is 13.0. The molecular formula is C14H15N3O2. The summed E-state index contributed by atoms with van der Waals surface area (Å²) < 4.78 is 5.71. The fraction of sp³-hybridized carbons (Fsp3) is 0.143. The Kier molecular flexibility index (Phi) is 4.10. The maximum Gasteiger partial charge on any atom is 0.145 e. The van der Waals surface area contributed by atoms with Gasteiger partial charge in [0.05, 0.1) is 6.20 Å². The third kappa shape index (κ3) is 3.29. The van der Waals surface area contributed by atoms with E-state index in [1.807, 2.05) is 24.3 Å². The van der Waals surface area contributed by atoms with Crippen molar-refractivity contribution in [3.63, 3.8) is 0 Å². The number of para-hydroxylation sites is 1. The van der Waals surface area contributed by atoms with E-state index in [1.54, 1.807) is 12.1 Å². The van der Waals surface area contributed by atoms with E-state index in [4.69, 9.17) is 21.0 Å². The Balaban J connectivity index is 2.19. The van der Waals surface area contributed by atoms with Gasteiger partial charge in [0.15, 0.2) is 0 Å². The van der Waals surface area contributed by atoms with Crippen molar-refractivity contribution in [2.45, 2.75) is 6.42 Å². The van der Waals surface area contributed by atoms with Gasteiger partial charge in [-0.2, -0.15) is 0 Å². The van der Waals surface area contributed by atoms with E-state index in [-0.39, 0.29) is 12.4 Å². The number of ether oxygens (including phenoxy) is 1. The number of pyridine rings is 1. The molecule has 19 heavy (non-hydrogen) atoms. The highest BCUT2D eigenvalue weighted by molar-refractivity contribution is 5.92. The van der Waals surface area contributed by atoms with Crippen LogP contribution in [0.2, 0.25) is 0 Å². The fourth-order valence-electron chi connectivity index (χ4n) is 1.66. The van der Waals surface area contributed by atoms with Crippen molar-refractivity contribution < 1.29 is 9.84 Å². The van der Waals surface area contributed by atoms with E-state index < -0.39 is 0 Å². The van der Waals surface area contributed by atoms with Gasteiger partial charge in [0, 0.05) is 6.61 Å². The second kappa shape index (κ2) is 5.97. The van der Waals surface area contributed by atoms with E-state index in [2.05, 4.69) is 4.98 Å². The molecular weight excluding hydrogens is 242 g/mol. The van der Waals surface area contributed by atoms with Gasteiger partial charge in [0.1, 0.15) is 23.0 Å². The van der Waals surface area contributed by atoms with Crippen LogP contribution in [-0.4, -0.2) is 22.5 Å². The molecule has 0 spiro atoms. The standard InChI is InChI=1S/C14H15N3O2/c15-14(16)12-6-5-11(9-17-12)19-13-4-2-1-3-10(13)7-8-18/h1-6,9,18H,7-8H2,(H3,15,16). The molecule has 1 heterocycles. The van der Waals surface area contributed by atoms with Gasteiger partial charge in [-0.05, 0) is 30.2 Å². The van der Waals surface area contributed by atoms with Crippen molar-refractivity contribution in [3.05, 3.63) is 53.9 Å². The number of nitrogen functional groups attached to an aromatic ring is 1. The van der Waals surface area contributed by atoms with Crippen molar-refractivity contribution in [2.24, 2.45) is 5.73 Å². The Hall–Kier alpha value is -2.40. The molecule has 1 aromatic carbocycles. The van der Waals surface area contributed by atoms with Crippen LogP contribution in [0.5, 0.6) is 11.5 Å². The van der Waals surface area contributed by atoms with Crippen LogP contribution < -0.4 is 10.5 Å². The second-order valence-corrected chi connectivity index (χ2v) is 3.98. The minimum atomic E-state index is -0.0766. The van der Waals surface area contributed by atoms with Crippen LogP contribution in [0.25, 0.3) is 0 Å². The van der Waals surface area contributed by atoms with Gasteiger partial charge in [0.2, 0.25) is 0 Å². The predicted molar refractivity (Wildman–Crippen MR) is 72.6 cm³/mol. The van der Waals surface area contributed by atoms with Crippen LogP contribution in [0.3, 0.4) is 0 Å². The molecule has 0 unspecified atom stereocenters. The lowest BCUT2D eigenvalue weighted by Gasteiger charge is -2.10. The smallest absolute Gasteiger partial charge is 0.145 e. The van der Waals surface area contributed by atoms with Crippen LogP contribution in [0, 0.1) is 5.41 Å². The Bertz CT molecular complexity index is 567. The molecule has 0 amide bonds. The highest BCUT2D eigenvalue weighted by Crippen LogP contribution is 2.25. The number of aliphatic hydroxyl groups is 1. The van der Waals surface area contributed by atoms with Crippen molar-refractivity contribution in [1.29, 1.82) is 5.41 Å². The number of nitrogens with one attached hydrogen (secondary N) is 1. The minimum Gasteiger partial charge on any atom is -0.455 e. The summed E-state index contributed by atoms with van der Waals surface area (Å²) in [6.45, 7) is 0.0713. The summed E-state index contributed by atoms with van der Waals surface area (Å²) in [6, 6.07) is 10.8. The van der Waals surface area contributed by atoms with E-state index in [0.717, 1.165) is 5.56 Å². The lowest BCUT2D eigenvalue weighted by molar-refractivity contribution is 0.298. The second-order valence-electron chi connectivity index (χ2n) is 3.98. The molecule has 0 bridgehead atoms. The minimum absolute atomic E-state index is 0.0713. The number of nitrogens with two attached hydrogens (primary N) is 1. The molecule has 0 saturated heterocycles. The maximum atomic E-state index is 9.00. The van der Waals surface area contributed by atoms with Gasteiger partial charge in [-0.1, -0.05) is 18.2 Å². The van der Waals surface area contributed by atoms with Gasteiger partial charge in [0.25, 0.3) is 0 Å². The number of hydrogen-bond acceptors (Lipinski definition) is 4. The lowest BCUT2D eigenvalue weighted by Crippen LogP contribution is -2.12. The number of nitrogens with zero attached hydrogens (tertiary/aromatic N) is 1. The number of hydrogen-bond donors (Lipinski definition) is 3. The molecule has 0 atom stereocenters. The number of aromatic nitrogens is 1. The maximum absolute atomic E-state index is 9.00. The van der Waals surface area contributed by atoms with Crippen molar-refractivity contribution in [1.82, 2.24) is 4.98 Å². The first-order chi connectivity index (χ1) is 9.20. The topological polar surface area (TPSA) is 92.2 Å². The van der Waals surface area contributed by atoms with Crippen LogP contribution in [0.15, 0.2) is 42.6 Å². The highest BCUT2D eigenvalue weighted by Gasteiger charge is 2.05. The summed E-state index contributed by atoms with van der Waals surface area (Å²) in [7, 11) is 0. The van der Waals surface area contributed by atoms with E-state index in [0.29, 0.717) is 23.6 Å². The Morgan fingerprint density at radius 1 is 1.26 bits per heavy atom. The van der Waals surface area contributed by atoms with Gasteiger partial charge in [-0.3, -0.25) is 5.41 Å². The molecule has 0 aliphatic rings. The van der Waals surface area contributed by atoms with Gasteiger partial charge < -0.3 is 15.6 Å². The highest BCUT2D eigenvalue weighted by atomic mass is 16.5. The molecule has 5 heteroatoms. The Morgan fingerprint density at radius 2 is 2.05 bits per heavy atom. The zero-order chi connectivity index (χ0) is 13.7. The van der Waals surface area contributed by atoms with E-state index >= 15 is 0 Å². The molecule has 2 aromatic rings. The zero-order valence-corrected chi connectivity index (χ0v) is 10.3. The van der Waals surface area contributed by atoms with Gasteiger partial charge >= 0.3 is 0 Å². The molecule has 0 aliphatic carbocycles. The van der Waals surface area contributed by atoms with Crippen LogP contribution in [-0.2, 0) is 6.42 Å². The van der Waals surface area contributed by atoms with Crippen molar-refractivity contribution >= 4 is 5.84 Å². The van der Waals surface area contributed by atoms with Crippen molar-refractivity contribution in [3.8, 4) is 11.5 Å². The monoisotopic (exact) mass is 257 g/mol. The Labute approximate surface area is 111 Å². The van der Waals surface area contributed by atoms with Crippen LogP contribution in [0.1, 0.15) is 11.3 Å². The van der Waals surface area contributed by atoms with Crippen molar-refractivity contribution in [2.75, 3.05) is 6.61 Å². The normalized spacial score (nSPS) is 10.2. The first-order valence-electron chi connectivity index (χ1n) is 5.88. The van der Waals surface area contributed by atoms with Gasteiger partial charge in [-0.25, -0.2) is 4.98 Å². The molecule has 1 aromatic heterocycles.